The molecule has 0 atom stereocenters. The fraction of sp³-hybridized carbons (Fsp3) is 0.143. The molecule has 0 aliphatic rings. The van der Waals surface area contributed by atoms with Crippen LogP contribution in [0, 0.1) is 0 Å². The van der Waals surface area contributed by atoms with Crippen molar-refractivity contribution in [3.8, 4) is 0 Å². The number of hydrogen-bond donors (Lipinski definition) is 3. The molecule has 0 saturated carbocycles. The summed E-state index contributed by atoms with van der Waals surface area (Å²) in [5.41, 5.74) is 3.65. The van der Waals surface area contributed by atoms with Crippen LogP contribution in [0.4, 0.5) is 11.4 Å². The quantitative estimate of drug-likeness (QED) is 0.543. The lowest BCUT2D eigenvalue weighted by Gasteiger charge is -2.05. The molecule has 0 aromatic heterocycles. The zero-order chi connectivity index (χ0) is 7.40. The fourth-order valence-electron chi connectivity index (χ4n) is 0.799. The lowest BCUT2D eigenvalue weighted by atomic mass is 10.3. The van der Waals surface area contributed by atoms with Crippen LogP contribution in [0.25, 0.3) is 0 Å². The van der Waals surface area contributed by atoms with Crippen LogP contribution in [-0.2, 0) is 0 Å². The fourth-order valence-corrected chi connectivity index (χ4v) is 0.799. The highest BCUT2D eigenvalue weighted by Gasteiger charge is 1.93. The van der Waals surface area contributed by atoms with Gasteiger partial charge in [-0.15, -0.1) is 0 Å². The van der Waals surface area contributed by atoms with Crippen LogP contribution in [0.2, 0.25) is 0 Å². The van der Waals surface area contributed by atoms with Crippen LogP contribution in [0.1, 0.15) is 0 Å². The summed E-state index contributed by atoms with van der Waals surface area (Å²) in [5.74, 6) is 0. The number of para-hydroxylation sites is 2. The number of rotatable bonds is 2. The molecule has 3 N–H and O–H groups in total. The van der Waals surface area contributed by atoms with Gasteiger partial charge in [-0.25, -0.2) is 0 Å². The van der Waals surface area contributed by atoms with Crippen LogP contribution in [-0.4, -0.2) is 12.3 Å². The Bertz CT molecular complexity index is 190. The molecule has 1 aromatic rings. The van der Waals surface area contributed by atoms with Gasteiger partial charge in [0, 0.05) is 7.05 Å². The molecule has 1 rings (SSSR count). The van der Waals surface area contributed by atoms with E-state index in [1.807, 2.05) is 18.2 Å². The van der Waals surface area contributed by atoms with E-state index in [9.17, 15) is 0 Å². The molecular weight excluding hydrogens is 128 g/mol. The summed E-state index contributed by atoms with van der Waals surface area (Å²) in [6, 6.07) is 7.40. The predicted molar refractivity (Wildman–Crippen MR) is 41.4 cm³/mol. The predicted octanol–water partition coefficient (Wildman–Crippen LogP) is 1.53. The van der Waals surface area contributed by atoms with Gasteiger partial charge < -0.3 is 5.32 Å². The molecule has 0 fully saturated rings. The lowest BCUT2D eigenvalue weighted by molar-refractivity contribution is 0.389. The maximum Gasteiger partial charge on any atom is 0.0833 e. The van der Waals surface area contributed by atoms with Gasteiger partial charge in [0.25, 0.3) is 0 Å². The molecule has 0 radical (unpaired) electrons. The lowest BCUT2D eigenvalue weighted by Crippen LogP contribution is -1.95. The minimum absolute atomic E-state index is 0.685. The van der Waals surface area contributed by atoms with Crippen LogP contribution in [0.5, 0.6) is 0 Å². The van der Waals surface area contributed by atoms with E-state index in [2.05, 4.69) is 10.8 Å². The maximum atomic E-state index is 8.56. The number of hydrogen-bond acceptors (Lipinski definition) is 3. The molecule has 0 aliphatic heterocycles. The van der Waals surface area contributed by atoms with Gasteiger partial charge in [-0.1, -0.05) is 12.1 Å². The minimum atomic E-state index is 0.685. The second kappa shape index (κ2) is 3.08. The minimum Gasteiger partial charge on any atom is -0.386 e. The molecule has 3 heteroatoms. The third kappa shape index (κ3) is 1.19. The Morgan fingerprint density at radius 2 is 1.80 bits per heavy atom. The zero-order valence-electron chi connectivity index (χ0n) is 5.76. The van der Waals surface area contributed by atoms with Crippen molar-refractivity contribution in [3.63, 3.8) is 0 Å². The summed E-state index contributed by atoms with van der Waals surface area (Å²) in [5, 5.41) is 11.5. The Balaban J connectivity index is 2.96. The van der Waals surface area contributed by atoms with Gasteiger partial charge >= 0.3 is 0 Å². The third-order valence-corrected chi connectivity index (χ3v) is 1.32. The Labute approximate surface area is 59.6 Å². The van der Waals surface area contributed by atoms with Crippen LogP contribution in [0.15, 0.2) is 24.3 Å². The molecule has 0 saturated heterocycles. The second-order valence-corrected chi connectivity index (χ2v) is 1.91. The standard InChI is InChI=1S/C7H10N2O/c1-8-6-4-2-3-5-7(6)9-10/h2-5,8-10H,1H3. The van der Waals surface area contributed by atoms with Gasteiger partial charge in [0.05, 0.1) is 11.4 Å². The number of benzene rings is 1. The molecule has 0 spiro atoms. The first-order chi connectivity index (χ1) is 4.88. The van der Waals surface area contributed by atoms with E-state index in [1.165, 1.54) is 0 Å². The van der Waals surface area contributed by atoms with Crippen LogP contribution >= 0.6 is 0 Å². The van der Waals surface area contributed by atoms with Gasteiger partial charge in [0.15, 0.2) is 0 Å². The highest BCUT2D eigenvalue weighted by Crippen LogP contribution is 2.18. The normalized spacial score (nSPS) is 9.00. The molecule has 0 amide bonds. The highest BCUT2D eigenvalue weighted by molar-refractivity contribution is 5.66. The van der Waals surface area contributed by atoms with E-state index in [1.54, 1.807) is 13.1 Å². The average Bonchev–Trinajstić information content (AvgIpc) is 2.04. The van der Waals surface area contributed by atoms with E-state index in [0.717, 1.165) is 5.69 Å². The highest BCUT2D eigenvalue weighted by atomic mass is 16.5. The van der Waals surface area contributed by atoms with Crippen molar-refractivity contribution < 1.29 is 5.21 Å². The maximum absolute atomic E-state index is 8.56. The van der Waals surface area contributed by atoms with Crippen molar-refractivity contribution in [1.29, 1.82) is 0 Å². The zero-order valence-corrected chi connectivity index (χ0v) is 5.76. The first-order valence-electron chi connectivity index (χ1n) is 3.05. The molecule has 10 heavy (non-hydrogen) atoms. The Morgan fingerprint density at radius 1 is 1.20 bits per heavy atom. The third-order valence-electron chi connectivity index (χ3n) is 1.32. The van der Waals surface area contributed by atoms with Gasteiger partial charge in [-0.05, 0) is 12.1 Å². The van der Waals surface area contributed by atoms with Gasteiger partial charge in [0.2, 0.25) is 0 Å². The summed E-state index contributed by atoms with van der Waals surface area (Å²) in [4.78, 5) is 0. The van der Waals surface area contributed by atoms with Crippen molar-refractivity contribution in [1.82, 2.24) is 0 Å². The average molecular weight is 138 g/mol. The molecule has 3 nitrogen and oxygen atoms in total. The van der Waals surface area contributed by atoms with Gasteiger partial charge in [-0.3, -0.25) is 10.7 Å². The van der Waals surface area contributed by atoms with E-state index in [0.29, 0.717) is 5.69 Å². The smallest absolute Gasteiger partial charge is 0.0833 e. The molecule has 0 heterocycles. The van der Waals surface area contributed by atoms with E-state index in [4.69, 9.17) is 5.21 Å². The second-order valence-electron chi connectivity index (χ2n) is 1.91. The summed E-state index contributed by atoms with van der Waals surface area (Å²) in [6.45, 7) is 0. The Hall–Kier alpha value is -1.22. The number of nitrogens with one attached hydrogen (secondary N) is 2. The van der Waals surface area contributed by atoms with Crippen LogP contribution < -0.4 is 10.8 Å². The summed E-state index contributed by atoms with van der Waals surface area (Å²) in [7, 11) is 1.80. The van der Waals surface area contributed by atoms with E-state index < -0.39 is 0 Å². The molecule has 1 aromatic carbocycles. The summed E-state index contributed by atoms with van der Waals surface area (Å²) >= 11 is 0. The van der Waals surface area contributed by atoms with Gasteiger partial charge in [0.1, 0.15) is 0 Å². The van der Waals surface area contributed by atoms with Crippen molar-refractivity contribution in [2.75, 3.05) is 17.8 Å². The van der Waals surface area contributed by atoms with Gasteiger partial charge in [-0.2, -0.15) is 0 Å². The van der Waals surface area contributed by atoms with Crippen molar-refractivity contribution in [2.45, 2.75) is 0 Å². The van der Waals surface area contributed by atoms with Crippen LogP contribution in [0.3, 0.4) is 0 Å². The molecule has 54 valence electrons. The Kier molecular flexibility index (Phi) is 2.12. The largest absolute Gasteiger partial charge is 0.386 e. The Morgan fingerprint density at radius 3 is 2.20 bits per heavy atom. The van der Waals surface area contributed by atoms with E-state index in [-0.39, 0.29) is 0 Å². The molecule has 0 bridgehead atoms. The molecular formula is C7H10N2O. The molecule has 0 aliphatic carbocycles. The number of anilines is 2. The topological polar surface area (TPSA) is 44.3 Å². The monoisotopic (exact) mass is 138 g/mol. The van der Waals surface area contributed by atoms with E-state index >= 15 is 0 Å². The molecule has 0 unspecified atom stereocenters. The summed E-state index contributed by atoms with van der Waals surface area (Å²) < 4.78 is 0. The first kappa shape index (κ1) is 6.89. The van der Waals surface area contributed by atoms with Crippen molar-refractivity contribution in [3.05, 3.63) is 24.3 Å². The first-order valence-corrected chi connectivity index (χ1v) is 3.05. The SMILES string of the molecule is CNc1ccccc1NO. The van der Waals surface area contributed by atoms with Crippen molar-refractivity contribution >= 4 is 11.4 Å². The summed E-state index contributed by atoms with van der Waals surface area (Å²) in [6.07, 6.45) is 0. The van der Waals surface area contributed by atoms with Crippen molar-refractivity contribution in [2.24, 2.45) is 0 Å².